The number of aryl methyl sites for hydroxylation is 2. The van der Waals surface area contributed by atoms with E-state index in [9.17, 15) is 4.79 Å². The molecule has 76 valence electrons. The smallest absolute Gasteiger partial charge is 0.229 e. The Morgan fingerprint density at radius 3 is 2.67 bits per heavy atom. The third-order valence-electron chi connectivity index (χ3n) is 2.21. The van der Waals surface area contributed by atoms with Gasteiger partial charge in [-0.1, -0.05) is 0 Å². The van der Waals surface area contributed by atoms with Gasteiger partial charge in [0, 0.05) is 17.0 Å². The van der Waals surface area contributed by atoms with Crippen molar-refractivity contribution >= 4 is 5.78 Å². The lowest BCUT2D eigenvalue weighted by Crippen LogP contribution is -2.04. The zero-order chi connectivity index (χ0) is 10.8. The quantitative estimate of drug-likeness (QED) is 0.701. The fourth-order valence-electron chi connectivity index (χ4n) is 1.47. The van der Waals surface area contributed by atoms with Crippen LogP contribution < -0.4 is 0 Å². The van der Waals surface area contributed by atoms with Crippen molar-refractivity contribution < 1.29 is 9.21 Å². The molecule has 2 rings (SSSR count). The summed E-state index contributed by atoms with van der Waals surface area (Å²) in [4.78, 5) is 16.1. The number of carbonyl (C=O) groups is 1. The van der Waals surface area contributed by atoms with Crippen molar-refractivity contribution in [2.75, 3.05) is 0 Å². The Kier molecular flexibility index (Phi) is 2.37. The molecule has 0 atom stereocenters. The van der Waals surface area contributed by atoms with Crippen molar-refractivity contribution in [3.63, 3.8) is 0 Å². The Bertz CT molecular complexity index is 486. The SMILES string of the molecule is Cc1ccc(C(=O)c2ccco2)c(C)n1. The largest absolute Gasteiger partial charge is 0.461 e. The molecule has 0 aliphatic rings. The molecule has 0 saturated carbocycles. The van der Waals surface area contributed by atoms with E-state index in [1.54, 1.807) is 18.2 Å². The molecule has 0 fully saturated rings. The number of pyridine rings is 1. The normalized spacial score (nSPS) is 10.3. The average molecular weight is 201 g/mol. The molecular weight excluding hydrogens is 190 g/mol. The molecule has 0 N–H and O–H groups in total. The molecule has 0 spiro atoms. The van der Waals surface area contributed by atoms with Crippen LogP contribution in [0.4, 0.5) is 0 Å². The van der Waals surface area contributed by atoms with E-state index in [1.807, 2.05) is 19.9 Å². The number of aromatic nitrogens is 1. The van der Waals surface area contributed by atoms with Crippen LogP contribution in [0.25, 0.3) is 0 Å². The molecule has 0 bridgehead atoms. The van der Waals surface area contributed by atoms with Crippen LogP contribution in [0.3, 0.4) is 0 Å². The Morgan fingerprint density at radius 2 is 2.07 bits per heavy atom. The second-order valence-electron chi connectivity index (χ2n) is 3.39. The molecule has 0 aromatic carbocycles. The van der Waals surface area contributed by atoms with Crippen LogP contribution >= 0.6 is 0 Å². The van der Waals surface area contributed by atoms with E-state index in [-0.39, 0.29) is 5.78 Å². The van der Waals surface area contributed by atoms with Gasteiger partial charge in [0.25, 0.3) is 0 Å². The number of furan rings is 1. The molecule has 3 nitrogen and oxygen atoms in total. The molecule has 0 unspecified atom stereocenters. The van der Waals surface area contributed by atoms with Crippen LogP contribution in [-0.4, -0.2) is 10.8 Å². The number of ketones is 1. The zero-order valence-corrected chi connectivity index (χ0v) is 8.65. The zero-order valence-electron chi connectivity index (χ0n) is 8.65. The van der Waals surface area contributed by atoms with Gasteiger partial charge in [-0.2, -0.15) is 0 Å². The lowest BCUT2D eigenvalue weighted by atomic mass is 10.1. The van der Waals surface area contributed by atoms with Gasteiger partial charge in [-0.3, -0.25) is 9.78 Å². The number of carbonyl (C=O) groups excluding carboxylic acids is 1. The van der Waals surface area contributed by atoms with Crippen molar-refractivity contribution in [1.82, 2.24) is 4.98 Å². The van der Waals surface area contributed by atoms with Gasteiger partial charge >= 0.3 is 0 Å². The molecule has 3 heteroatoms. The van der Waals surface area contributed by atoms with Crippen LogP contribution in [0.1, 0.15) is 27.5 Å². The highest BCUT2D eigenvalue weighted by molar-refractivity contribution is 6.07. The molecule has 2 aromatic heterocycles. The van der Waals surface area contributed by atoms with Gasteiger partial charge in [0.15, 0.2) is 5.76 Å². The first-order valence-electron chi connectivity index (χ1n) is 4.71. The Labute approximate surface area is 87.8 Å². The Balaban J connectivity index is 2.42. The van der Waals surface area contributed by atoms with Gasteiger partial charge in [-0.25, -0.2) is 0 Å². The Morgan fingerprint density at radius 1 is 1.27 bits per heavy atom. The van der Waals surface area contributed by atoms with Crippen LogP contribution in [-0.2, 0) is 0 Å². The topological polar surface area (TPSA) is 43.1 Å². The number of rotatable bonds is 2. The maximum Gasteiger partial charge on any atom is 0.229 e. The number of nitrogens with zero attached hydrogens (tertiary/aromatic N) is 1. The van der Waals surface area contributed by atoms with E-state index in [0.29, 0.717) is 11.3 Å². The van der Waals surface area contributed by atoms with Gasteiger partial charge in [0.05, 0.1) is 6.26 Å². The van der Waals surface area contributed by atoms with Crippen LogP contribution in [0.5, 0.6) is 0 Å². The number of hydrogen-bond acceptors (Lipinski definition) is 3. The van der Waals surface area contributed by atoms with Crippen molar-refractivity contribution in [2.24, 2.45) is 0 Å². The van der Waals surface area contributed by atoms with Crippen molar-refractivity contribution in [3.8, 4) is 0 Å². The fourth-order valence-corrected chi connectivity index (χ4v) is 1.47. The van der Waals surface area contributed by atoms with E-state index < -0.39 is 0 Å². The van der Waals surface area contributed by atoms with Gasteiger partial charge < -0.3 is 4.42 Å². The van der Waals surface area contributed by atoms with Crippen LogP contribution in [0.15, 0.2) is 34.9 Å². The molecule has 0 amide bonds. The maximum absolute atomic E-state index is 11.9. The molecule has 2 heterocycles. The molecule has 0 aliphatic heterocycles. The van der Waals surface area contributed by atoms with E-state index >= 15 is 0 Å². The van der Waals surface area contributed by atoms with E-state index in [4.69, 9.17) is 4.42 Å². The van der Waals surface area contributed by atoms with Crippen LogP contribution in [0, 0.1) is 13.8 Å². The average Bonchev–Trinajstić information content (AvgIpc) is 2.69. The van der Waals surface area contributed by atoms with E-state index in [2.05, 4.69) is 4.98 Å². The first-order chi connectivity index (χ1) is 7.18. The monoisotopic (exact) mass is 201 g/mol. The standard InChI is InChI=1S/C12H11NO2/c1-8-5-6-10(9(2)13-8)12(14)11-4-3-7-15-11/h3-7H,1-2H3. The minimum Gasteiger partial charge on any atom is -0.461 e. The minimum absolute atomic E-state index is 0.120. The Hall–Kier alpha value is -1.90. The lowest BCUT2D eigenvalue weighted by Gasteiger charge is -2.02. The third kappa shape index (κ3) is 1.81. The molecule has 0 aliphatic carbocycles. The predicted molar refractivity (Wildman–Crippen MR) is 55.9 cm³/mol. The molecule has 2 aromatic rings. The molecule has 0 radical (unpaired) electrons. The van der Waals surface area contributed by atoms with Crippen molar-refractivity contribution in [1.29, 1.82) is 0 Å². The minimum atomic E-state index is -0.120. The van der Waals surface area contributed by atoms with E-state index in [0.717, 1.165) is 11.4 Å². The van der Waals surface area contributed by atoms with Gasteiger partial charge in [0.2, 0.25) is 5.78 Å². The fraction of sp³-hybridized carbons (Fsp3) is 0.167. The van der Waals surface area contributed by atoms with Crippen molar-refractivity contribution in [2.45, 2.75) is 13.8 Å². The maximum atomic E-state index is 11.9. The summed E-state index contributed by atoms with van der Waals surface area (Å²) in [5, 5.41) is 0. The summed E-state index contributed by atoms with van der Waals surface area (Å²) in [7, 11) is 0. The lowest BCUT2D eigenvalue weighted by molar-refractivity contribution is 0.101. The summed E-state index contributed by atoms with van der Waals surface area (Å²) in [6, 6.07) is 6.96. The highest BCUT2D eigenvalue weighted by Gasteiger charge is 2.14. The van der Waals surface area contributed by atoms with E-state index in [1.165, 1.54) is 6.26 Å². The van der Waals surface area contributed by atoms with Gasteiger partial charge in [0.1, 0.15) is 0 Å². The first-order valence-corrected chi connectivity index (χ1v) is 4.71. The number of hydrogen-bond donors (Lipinski definition) is 0. The summed E-state index contributed by atoms with van der Waals surface area (Å²) in [5.74, 6) is 0.230. The molecule has 0 saturated heterocycles. The second kappa shape index (κ2) is 3.69. The first kappa shape index (κ1) is 9.65. The summed E-state index contributed by atoms with van der Waals surface area (Å²) in [6.45, 7) is 3.72. The third-order valence-corrected chi connectivity index (χ3v) is 2.21. The highest BCUT2D eigenvalue weighted by atomic mass is 16.3. The summed E-state index contributed by atoms with van der Waals surface area (Å²) >= 11 is 0. The van der Waals surface area contributed by atoms with Gasteiger partial charge in [-0.05, 0) is 38.1 Å². The van der Waals surface area contributed by atoms with Crippen LogP contribution in [0.2, 0.25) is 0 Å². The van der Waals surface area contributed by atoms with Crippen molar-refractivity contribution in [3.05, 3.63) is 53.2 Å². The van der Waals surface area contributed by atoms with Gasteiger partial charge in [-0.15, -0.1) is 0 Å². The second-order valence-corrected chi connectivity index (χ2v) is 3.39. The summed E-state index contributed by atoms with van der Waals surface area (Å²) in [6.07, 6.45) is 1.49. The molecular formula is C12H11NO2. The highest BCUT2D eigenvalue weighted by Crippen LogP contribution is 2.13. The predicted octanol–water partition coefficient (Wildman–Crippen LogP) is 2.52. The molecule has 15 heavy (non-hydrogen) atoms. The summed E-state index contributed by atoms with van der Waals surface area (Å²) < 4.78 is 5.06. The summed E-state index contributed by atoms with van der Waals surface area (Å²) in [5.41, 5.74) is 2.23.